The lowest BCUT2D eigenvalue weighted by Gasteiger charge is -2.11. The van der Waals surface area contributed by atoms with Crippen LogP contribution in [-0.4, -0.2) is 25.2 Å². The van der Waals surface area contributed by atoms with Crippen LogP contribution in [0.15, 0.2) is 84.6 Å². The third-order valence-corrected chi connectivity index (χ3v) is 4.78. The fraction of sp³-hybridized carbons (Fsp3) is 0.120. The van der Waals surface area contributed by atoms with E-state index >= 15 is 0 Å². The first kappa shape index (κ1) is 20.2. The van der Waals surface area contributed by atoms with Crippen LogP contribution >= 0.6 is 0 Å². The van der Waals surface area contributed by atoms with Gasteiger partial charge >= 0.3 is 0 Å². The molecule has 6 nitrogen and oxygen atoms in total. The van der Waals surface area contributed by atoms with Gasteiger partial charge in [0.05, 0.1) is 0 Å². The minimum Gasteiger partial charge on any atom is -0.454 e. The summed E-state index contributed by atoms with van der Waals surface area (Å²) in [6, 6.07) is 24.0. The molecule has 2 N–H and O–H groups in total. The molecule has 3 aromatic rings. The van der Waals surface area contributed by atoms with Gasteiger partial charge in [-0.2, -0.15) is 0 Å². The lowest BCUT2D eigenvalue weighted by atomic mass is 10.1. The number of benzene rings is 3. The Morgan fingerprint density at radius 2 is 1.58 bits per heavy atom. The van der Waals surface area contributed by atoms with Crippen molar-refractivity contribution in [3.8, 4) is 11.5 Å². The zero-order valence-electron chi connectivity index (χ0n) is 16.8. The Hall–Kier alpha value is -4.06. The van der Waals surface area contributed by atoms with Crippen LogP contribution in [0, 0.1) is 0 Å². The second-order valence-corrected chi connectivity index (χ2v) is 6.98. The first-order valence-corrected chi connectivity index (χ1v) is 9.99. The zero-order chi connectivity index (χ0) is 21.5. The van der Waals surface area contributed by atoms with Gasteiger partial charge in [0.2, 0.25) is 6.79 Å². The Labute approximate surface area is 180 Å². The highest BCUT2D eigenvalue weighted by atomic mass is 16.7. The molecule has 3 aromatic carbocycles. The van der Waals surface area contributed by atoms with Crippen LogP contribution in [0.4, 0.5) is 0 Å². The van der Waals surface area contributed by atoms with Crippen molar-refractivity contribution < 1.29 is 19.1 Å². The molecule has 0 aliphatic carbocycles. The quantitative estimate of drug-likeness (QED) is 0.580. The first-order valence-electron chi connectivity index (χ1n) is 9.99. The Morgan fingerprint density at radius 3 is 2.35 bits per heavy atom. The third-order valence-electron chi connectivity index (χ3n) is 4.78. The van der Waals surface area contributed by atoms with Crippen molar-refractivity contribution in [2.75, 3.05) is 13.3 Å². The van der Waals surface area contributed by atoms with Crippen molar-refractivity contribution in [3.05, 3.63) is 101 Å². The van der Waals surface area contributed by atoms with Gasteiger partial charge in [-0.1, -0.05) is 54.6 Å². The second kappa shape index (κ2) is 9.63. The van der Waals surface area contributed by atoms with Gasteiger partial charge in [0, 0.05) is 12.1 Å². The summed E-state index contributed by atoms with van der Waals surface area (Å²) in [7, 11) is 0. The van der Waals surface area contributed by atoms with E-state index in [0.717, 1.165) is 5.56 Å². The molecule has 0 aromatic heterocycles. The van der Waals surface area contributed by atoms with Crippen LogP contribution in [0.3, 0.4) is 0 Å². The monoisotopic (exact) mass is 414 g/mol. The summed E-state index contributed by atoms with van der Waals surface area (Å²) in [6.45, 7) is 0.614. The molecule has 0 saturated heterocycles. The molecule has 2 amide bonds. The van der Waals surface area contributed by atoms with Crippen molar-refractivity contribution in [1.82, 2.24) is 10.6 Å². The highest BCUT2D eigenvalue weighted by molar-refractivity contribution is 6.05. The molecular formula is C25H22N2O4. The molecule has 1 heterocycles. The van der Waals surface area contributed by atoms with Crippen molar-refractivity contribution in [1.29, 1.82) is 0 Å². The molecule has 0 atom stereocenters. The number of hydrogen-bond donors (Lipinski definition) is 2. The van der Waals surface area contributed by atoms with Crippen LogP contribution in [0.5, 0.6) is 11.5 Å². The van der Waals surface area contributed by atoms with Crippen molar-refractivity contribution >= 4 is 17.9 Å². The topological polar surface area (TPSA) is 76.7 Å². The molecule has 4 rings (SSSR count). The van der Waals surface area contributed by atoms with Gasteiger partial charge in [-0.3, -0.25) is 9.59 Å². The average Bonchev–Trinajstić information content (AvgIpc) is 3.28. The summed E-state index contributed by atoms with van der Waals surface area (Å²) in [4.78, 5) is 25.5. The Balaban J connectivity index is 1.51. The second-order valence-electron chi connectivity index (χ2n) is 6.98. The standard InChI is InChI=1S/C25H22N2O4/c28-24(20-9-5-2-6-10-20)27-21(15-19-11-12-22-23(16-19)31-17-30-22)25(29)26-14-13-18-7-3-1-4-8-18/h1-12,15-16H,13-14,17H2,(H,26,29)(H,27,28)/b21-15+. The van der Waals surface area contributed by atoms with Crippen molar-refractivity contribution in [2.45, 2.75) is 6.42 Å². The number of rotatable bonds is 7. The van der Waals surface area contributed by atoms with E-state index in [4.69, 9.17) is 9.47 Å². The average molecular weight is 414 g/mol. The molecule has 6 heteroatoms. The molecule has 156 valence electrons. The molecule has 0 bridgehead atoms. The molecule has 0 unspecified atom stereocenters. The lowest BCUT2D eigenvalue weighted by molar-refractivity contribution is -0.117. The molecule has 0 saturated carbocycles. The van der Waals surface area contributed by atoms with Crippen LogP contribution in [-0.2, 0) is 11.2 Å². The van der Waals surface area contributed by atoms with Crippen LogP contribution in [0.2, 0.25) is 0 Å². The maximum absolute atomic E-state index is 12.9. The largest absolute Gasteiger partial charge is 0.454 e. The van der Waals surface area contributed by atoms with Gasteiger partial charge in [0.15, 0.2) is 11.5 Å². The number of fused-ring (bicyclic) bond motifs is 1. The molecule has 0 radical (unpaired) electrons. The fourth-order valence-corrected chi connectivity index (χ4v) is 3.17. The van der Waals surface area contributed by atoms with Gasteiger partial charge in [-0.05, 0) is 47.9 Å². The van der Waals surface area contributed by atoms with E-state index in [-0.39, 0.29) is 24.3 Å². The summed E-state index contributed by atoms with van der Waals surface area (Å²) in [5.41, 5.74) is 2.46. The molecule has 1 aliphatic heterocycles. The van der Waals surface area contributed by atoms with Gasteiger partial charge < -0.3 is 20.1 Å². The smallest absolute Gasteiger partial charge is 0.267 e. The van der Waals surface area contributed by atoms with Gasteiger partial charge in [0.1, 0.15) is 5.70 Å². The van der Waals surface area contributed by atoms with E-state index in [1.807, 2.05) is 36.4 Å². The summed E-state index contributed by atoms with van der Waals surface area (Å²) < 4.78 is 10.7. The van der Waals surface area contributed by atoms with Crippen molar-refractivity contribution in [2.24, 2.45) is 0 Å². The molecule has 31 heavy (non-hydrogen) atoms. The fourth-order valence-electron chi connectivity index (χ4n) is 3.17. The van der Waals surface area contributed by atoms with Gasteiger partial charge in [0.25, 0.3) is 11.8 Å². The molecular weight excluding hydrogens is 392 g/mol. The number of carbonyl (C=O) groups excluding carboxylic acids is 2. The number of ether oxygens (including phenoxy) is 2. The van der Waals surface area contributed by atoms with Gasteiger partial charge in [-0.15, -0.1) is 0 Å². The Kier molecular flexibility index (Phi) is 6.28. The highest BCUT2D eigenvalue weighted by Crippen LogP contribution is 2.33. The highest BCUT2D eigenvalue weighted by Gasteiger charge is 2.16. The lowest BCUT2D eigenvalue weighted by Crippen LogP contribution is -2.35. The first-order chi connectivity index (χ1) is 15.2. The molecule has 1 aliphatic rings. The normalized spacial score (nSPS) is 12.3. The van der Waals surface area contributed by atoms with E-state index in [0.29, 0.717) is 35.6 Å². The van der Waals surface area contributed by atoms with Crippen LogP contribution < -0.4 is 20.1 Å². The van der Waals surface area contributed by atoms with E-state index in [1.54, 1.807) is 48.5 Å². The Bertz CT molecular complexity index is 1100. The van der Waals surface area contributed by atoms with Crippen molar-refractivity contribution in [3.63, 3.8) is 0 Å². The maximum atomic E-state index is 12.9. The molecule has 0 spiro atoms. The number of carbonyl (C=O) groups is 2. The summed E-state index contributed by atoms with van der Waals surface area (Å²) in [5.74, 6) is 0.537. The SMILES string of the molecule is O=C(NCCc1ccccc1)/C(=C\c1ccc2c(c1)OCO2)NC(=O)c1ccccc1. The number of amides is 2. The minimum atomic E-state index is -0.363. The van der Waals surface area contributed by atoms with E-state index in [1.165, 1.54) is 0 Å². The number of hydrogen-bond acceptors (Lipinski definition) is 4. The zero-order valence-corrected chi connectivity index (χ0v) is 16.8. The molecule has 0 fully saturated rings. The predicted octanol–water partition coefficient (Wildman–Crippen LogP) is 3.55. The summed E-state index contributed by atoms with van der Waals surface area (Å²) >= 11 is 0. The van der Waals surface area contributed by atoms with E-state index in [2.05, 4.69) is 10.6 Å². The predicted molar refractivity (Wildman–Crippen MR) is 118 cm³/mol. The van der Waals surface area contributed by atoms with Crippen LogP contribution in [0.25, 0.3) is 6.08 Å². The number of nitrogens with one attached hydrogen (secondary N) is 2. The van der Waals surface area contributed by atoms with Crippen LogP contribution in [0.1, 0.15) is 21.5 Å². The van der Waals surface area contributed by atoms with E-state index in [9.17, 15) is 9.59 Å². The third kappa shape index (κ3) is 5.30. The summed E-state index contributed by atoms with van der Waals surface area (Å²) in [5, 5.41) is 5.62. The van der Waals surface area contributed by atoms with E-state index < -0.39 is 0 Å². The minimum absolute atomic E-state index is 0.154. The maximum Gasteiger partial charge on any atom is 0.267 e. The summed E-state index contributed by atoms with van der Waals surface area (Å²) in [6.07, 6.45) is 2.32. The van der Waals surface area contributed by atoms with Gasteiger partial charge in [-0.25, -0.2) is 0 Å². The Morgan fingerprint density at radius 1 is 0.871 bits per heavy atom.